The van der Waals surface area contributed by atoms with Gasteiger partial charge in [-0.25, -0.2) is 0 Å². The summed E-state index contributed by atoms with van der Waals surface area (Å²) in [6, 6.07) is 2.86. The molecule has 1 N–H and O–H groups in total. The maximum absolute atomic E-state index is 11.9. The van der Waals surface area contributed by atoms with Crippen molar-refractivity contribution in [1.29, 1.82) is 0 Å². The summed E-state index contributed by atoms with van der Waals surface area (Å²) in [5.41, 5.74) is 0. The Bertz CT molecular complexity index is 446. The van der Waals surface area contributed by atoms with E-state index in [9.17, 15) is 14.9 Å². The molecule has 5 nitrogen and oxygen atoms in total. The van der Waals surface area contributed by atoms with E-state index in [1.54, 1.807) is 0 Å². The van der Waals surface area contributed by atoms with Crippen molar-refractivity contribution in [3.63, 3.8) is 0 Å². The largest absolute Gasteiger partial charge is 0.351 e. The van der Waals surface area contributed by atoms with Gasteiger partial charge < -0.3 is 5.32 Å². The minimum atomic E-state index is -0.480. The van der Waals surface area contributed by atoms with E-state index in [2.05, 4.69) is 33.0 Å². The highest BCUT2D eigenvalue weighted by Gasteiger charge is 2.20. The summed E-state index contributed by atoms with van der Waals surface area (Å²) >= 11 is 0.906. The Balaban J connectivity index is 2.61. The van der Waals surface area contributed by atoms with E-state index in [1.165, 1.54) is 12.1 Å². The Morgan fingerprint density at radius 2 is 1.89 bits per heavy atom. The highest BCUT2D eigenvalue weighted by molar-refractivity contribution is 7.17. The Kier molecular flexibility index (Phi) is 5.47. The Morgan fingerprint density at radius 3 is 2.32 bits per heavy atom. The molecule has 1 heterocycles. The second-order valence-electron chi connectivity index (χ2n) is 5.26. The number of nitrogens with one attached hydrogen (secondary N) is 1. The average Bonchev–Trinajstić information content (AvgIpc) is 2.77. The van der Waals surface area contributed by atoms with Crippen LogP contribution in [0.3, 0.4) is 0 Å². The van der Waals surface area contributed by atoms with Gasteiger partial charge in [0.05, 0.1) is 9.80 Å². The first-order chi connectivity index (χ1) is 8.82. The van der Waals surface area contributed by atoms with Gasteiger partial charge in [0.1, 0.15) is 0 Å². The third-order valence-corrected chi connectivity index (χ3v) is 4.24. The molecule has 1 aromatic rings. The van der Waals surface area contributed by atoms with Gasteiger partial charge in [-0.05, 0) is 23.8 Å². The molecule has 19 heavy (non-hydrogen) atoms. The predicted octanol–water partition coefficient (Wildman–Crippen LogP) is 3.31. The van der Waals surface area contributed by atoms with Crippen LogP contribution in [0.4, 0.5) is 5.00 Å². The zero-order valence-electron chi connectivity index (χ0n) is 11.7. The fraction of sp³-hybridized carbons (Fsp3) is 0.615. The number of hydrogen-bond donors (Lipinski definition) is 1. The summed E-state index contributed by atoms with van der Waals surface area (Å²) in [6.45, 7) is 9.12. The topological polar surface area (TPSA) is 72.2 Å². The molecule has 106 valence electrons. The van der Waals surface area contributed by atoms with Crippen molar-refractivity contribution in [2.45, 2.75) is 27.7 Å². The van der Waals surface area contributed by atoms with Gasteiger partial charge in [-0.15, -0.1) is 0 Å². The lowest BCUT2D eigenvalue weighted by molar-refractivity contribution is -0.380. The molecule has 0 saturated heterocycles. The summed E-state index contributed by atoms with van der Waals surface area (Å²) in [5.74, 6) is 1.14. The molecule has 0 aliphatic heterocycles. The maximum atomic E-state index is 11.9. The highest BCUT2D eigenvalue weighted by Crippen LogP contribution is 2.24. The van der Waals surface area contributed by atoms with Crippen LogP contribution in [0.1, 0.15) is 37.4 Å². The van der Waals surface area contributed by atoms with Gasteiger partial charge in [0.15, 0.2) is 0 Å². The number of amides is 1. The lowest BCUT2D eigenvalue weighted by atomic mass is 9.85. The molecule has 0 unspecified atom stereocenters. The van der Waals surface area contributed by atoms with Gasteiger partial charge in [0, 0.05) is 12.6 Å². The van der Waals surface area contributed by atoms with Gasteiger partial charge in [-0.2, -0.15) is 0 Å². The van der Waals surface area contributed by atoms with E-state index in [-0.39, 0.29) is 10.9 Å². The second kappa shape index (κ2) is 6.65. The minimum absolute atomic E-state index is 0.00517. The molecule has 6 heteroatoms. The van der Waals surface area contributed by atoms with E-state index in [4.69, 9.17) is 0 Å². The van der Waals surface area contributed by atoms with E-state index >= 15 is 0 Å². The van der Waals surface area contributed by atoms with Crippen molar-refractivity contribution in [2.24, 2.45) is 17.8 Å². The normalized spacial score (nSPS) is 11.3. The van der Waals surface area contributed by atoms with Crippen LogP contribution in [0, 0.1) is 27.9 Å². The highest BCUT2D eigenvalue weighted by atomic mass is 32.1. The second-order valence-corrected chi connectivity index (χ2v) is 6.32. The van der Waals surface area contributed by atoms with E-state index < -0.39 is 4.92 Å². The summed E-state index contributed by atoms with van der Waals surface area (Å²) < 4.78 is 0. The molecule has 0 radical (unpaired) electrons. The molecule has 1 aromatic heterocycles. The number of hydrogen-bond acceptors (Lipinski definition) is 4. The standard InChI is InChI=1S/C13H20N2O3S/c1-8(2)10(9(3)4)7-14-13(16)11-5-6-12(19-11)15(17)18/h5-6,8-10H,7H2,1-4H3,(H,14,16). The fourth-order valence-electron chi connectivity index (χ4n) is 2.09. The zero-order valence-corrected chi connectivity index (χ0v) is 12.5. The molecular weight excluding hydrogens is 264 g/mol. The van der Waals surface area contributed by atoms with Gasteiger partial charge in [-0.1, -0.05) is 39.0 Å². The van der Waals surface area contributed by atoms with Gasteiger partial charge in [0.25, 0.3) is 5.91 Å². The minimum Gasteiger partial charge on any atom is -0.351 e. The number of thiophene rings is 1. The number of nitrogens with zero attached hydrogens (tertiary/aromatic N) is 1. The van der Waals surface area contributed by atoms with E-state index in [0.29, 0.717) is 29.2 Å². The van der Waals surface area contributed by atoms with Gasteiger partial charge in [0.2, 0.25) is 0 Å². The lowest BCUT2D eigenvalue weighted by Gasteiger charge is -2.24. The third kappa shape index (κ3) is 4.31. The zero-order chi connectivity index (χ0) is 14.6. The molecule has 0 aliphatic rings. The van der Waals surface area contributed by atoms with Crippen molar-refractivity contribution >= 4 is 22.2 Å². The van der Waals surface area contributed by atoms with Crippen molar-refractivity contribution < 1.29 is 9.72 Å². The third-order valence-electron chi connectivity index (χ3n) is 3.21. The van der Waals surface area contributed by atoms with Crippen LogP contribution in [0.5, 0.6) is 0 Å². The SMILES string of the molecule is CC(C)C(CNC(=O)c1ccc([N+](=O)[O-])s1)C(C)C. The molecule has 0 spiro atoms. The first kappa shape index (κ1) is 15.6. The first-order valence-corrected chi connectivity index (χ1v) is 7.17. The van der Waals surface area contributed by atoms with Crippen LogP contribution in [0.2, 0.25) is 0 Å². The number of nitro groups is 1. The van der Waals surface area contributed by atoms with Crippen LogP contribution in [0.15, 0.2) is 12.1 Å². The molecule has 0 bridgehead atoms. The van der Waals surface area contributed by atoms with E-state index in [0.717, 1.165) is 11.3 Å². The molecule has 0 aromatic carbocycles. The lowest BCUT2D eigenvalue weighted by Crippen LogP contribution is -2.33. The van der Waals surface area contributed by atoms with Gasteiger partial charge in [-0.3, -0.25) is 14.9 Å². The monoisotopic (exact) mass is 284 g/mol. The molecule has 1 rings (SSSR count). The van der Waals surface area contributed by atoms with Crippen LogP contribution in [-0.2, 0) is 0 Å². The quantitative estimate of drug-likeness (QED) is 0.643. The smallest absolute Gasteiger partial charge is 0.324 e. The van der Waals surface area contributed by atoms with Crippen LogP contribution >= 0.6 is 11.3 Å². The van der Waals surface area contributed by atoms with Crippen LogP contribution < -0.4 is 5.32 Å². The summed E-state index contributed by atoms with van der Waals surface area (Å²) in [7, 11) is 0. The summed E-state index contributed by atoms with van der Waals surface area (Å²) in [5, 5.41) is 13.4. The van der Waals surface area contributed by atoms with E-state index in [1.807, 2.05) is 0 Å². The van der Waals surface area contributed by atoms with Crippen molar-refractivity contribution in [2.75, 3.05) is 6.54 Å². The molecule has 1 amide bonds. The average molecular weight is 284 g/mol. The molecule has 0 fully saturated rings. The first-order valence-electron chi connectivity index (χ1n) is 6.35. The number of carbonyl (C=O) groups is 1. The molecular formula is C13H20N2O3S. The summed E-state index contributed by atoms with van der Waals surface area (Å²) in [4.78, 5) is 22.4. The maximum Gasteiger partial charge on any atom is 0.324 e. The molecule has 0 atom stereocenters. The molecule has 0 saturated carbocycles. The number of rotatable bonds is 6. The van der Waals surface area contributed by atoms with Gasteiger partial charge >= 0.3 is 5.00 Å². The fourth-order valence-corrected chi connectivity index (χ4v) is 2.82. The Hall–Kier alpha value is -1.43. The van der Waals surface area contributed by atoms with Crippen molar-refractivity contribution in [3.8, 4) is 0 Å². The Labute approximate surface area is 117 Å². The predicted molar refractivity (Wildman–Crippen MR) is 76.5 cm³/mol. The van der Waals surface area contributed by atoms with Crippen molar-refractivity contribution in [3.05, 3.63) is 27.1 Å². The number of carbonyl (C=O) groups excluding carboxylic acids is 1. The Morgan fingerprint density at radius 1 is 1.32 bits per heavy atom. The van der Waals surface area contributed by atoms with Crippen molar-refractivity contribution in [1.82, 2.24) is 5.32 Å². The van der Waals surface area contributed by atoms with Crippen LogP contribution in [0.25, 0.3) is 0 Å². The summed E-state index contributed by atoms with van der Waals surface area (Å²) in [6.07, 6.45) is 0. The van der Waals surface area contributed by atoms with Crippen LogP contribution in [-0.4, -0.2) is 17.4 Å². The molecule has 0 aliphatic carbocycles.